The summed E-state index contributed by atoms with van der Waals surface area (Å²) in [5, 5.41) is 0. The Hall–Kier alpha value is -1.43. The first kappa shape index (κ1) is 12.6. The lowest BCUT2D eigenvalue weighted by Gasteiger charge is -2.26. The summed E-state index contributed by atoms with van der Waals surface area (Å²) in [5.74, 6) is 1.11. The number of nitrogens with zero attached hydrogens (tertiary/aromatic N) is 3. The maximum absolute atomic E-state index is 5.69. The van der Waals surface area contributed by atoms with Crippen LogP contribution in [0.4, 0.5) is 0 Å². The van der Waals surface area contributed by atoms with Crippen LogP contribution in [0.15, 0.2) is 24.5 Å². The molecule has 0 atom stereocenters. The molecule has 0 bridgehead atoms. The molecule has 0 aromatic carbocycles. The number of aromatic nitrogens is 2. The molecule has 1 aliphatic rings. The Morgan fingerprint density at radius 2 is 2.11 bits per heavy atom. The number of ether oxygens (including phenoxy) is 1. The molecule has 5 heteroatoms. The van der Waals surface area contributed by atoms with E-state index < -0.39 is 0 Å². The van der Waals surface area contributed by atoms with Crippen LogP contribution >= 0.6 is 0 Å². The maximum atomic E-state index is 5.69. The van der Waals surface area contributed by atoms with E-state index in [1.54, 1.807) is 0 Å². The smallest absolute Gasteiger partial charge is 0.114 e. The Labute approximate surface area is 113 Å². The van der Waals surface area contributed by atoms with E-state index in [0.29, 0.717) is 6.54 Å². The second-order valence-corrected chi connectivity index (χ2v) is 4.91. The van der Waals surface area contributed by atoms with Crippen molar-refractivity contribution in [1.29, 1.82) is 0 Å². The number of imidazole rings is 1. The van der Waals surface area contributed by atoms with Crippen LogP contribution < -0.4 is 5.73 Å². The molecule has 0 spiro atoms. The van der Waals surface area contributed by atoms with Gasteiger partial charge in [0.2, 0.25) is 0 Å². The van der Waals surface area contributed by atoms with Crippen molar-refractivity contribution >= 4 is 5.52 Å². The zero-order chi connectivity index (χ0) is 13.1. The van der Waals surface area contributed by atoms with Crippen molar-refractivity contribution in [3.63, 3.8) is 0 Å². The second-order valence-electron chi connectivity index (χ2n) is 4.91. The molecule has 3 heterocycles. The van der Waals surface area contributed by atoms with Gasteiger partial charge in [0.1, 0.15) is 5.82 Å². The lowest BCUT2D eigenvalue weighted by molar-refractivity contribution is 0.0382. The Bertz CT molecular complexity index is 545. The van der Waals surface area contributed by atoms with E-state index in [2.05, 4.69) is 32.6 Å². The fourth-order valence-corrected chi connectivity index (χ4v) is 2.48. The molecule has 0 radical (unpaired) electrons. The van der Waals surface area contributed by atoms with E-state index in [1.165, 1.54) is 0 Å². The molecule has 3 rings (SSSR count). The summed E-state index contributed by atoms with van der Waals surface area (Å²) < 4.78 is 7.52. The lowest BCUT2D eigenvalue weighted by atomic mass is 10.2. The predicted molar refractivity (Wildman–Crippen MR) is 74.0 cm³/mol. The third kappa shape index (κ3) is 2.78. The molecule has 19 heavy (non-hydrogen) atoms. The van der Waals surface area contributed by atoms with Crippen LogP contribution in [0.1, 0.15) is 11.4 Å². The van der Waals surface area contributed by atoms with Crippen LogP contribution in [0, 0.1) is 0 Å². The quantitative estimate of drug-likeness (QED) is 0.878. The fourth-order valence-electron chi connectivity index (χ4n) is 2.48. The molecule has 2 N–H and O–H groups in total. The van der Waals surface area contributed by atoms with Crippen molar-refractivity contribution in [2.24, 2.45) is 5.73 Å². The fraction of sp³-hybridized carbons (Fsp3) is 0.500. The van der Waals surface area contributed by atoms with Gasteiger partial charge in [-0.25, -0.2) is 4.98 Å². The summed E-state index contributed by atoms with van der Waals surface area (Å²) >= 11 is 0. The van der Waals surface area contributed by atoms with Crippen LogP contribution in [-0.4, -0.2) is 47.1 Å². The van der Waals surface area contributed by atoms with E-state index in [9.17, 15) is 0 Å². The summed E-state index contributed by atoms with van der Waals surface area (Å²) in [4.78, 5) is 6.95. The molecule has 0 unspecified atom stereocenters. The van der Waals surface area contributed by atoms with Gasteiger partial charge in [-0.1, -0.05) is 6.07 Å². The highest BCUT2D eigenvalue weighted by atomic mass is 16.5. The number of hydrogen-bond acceptors (Lipinski definition) is 4. The number of pyridine rings is 1. The number of fused-ring (bicyclic) bond motifs is 1. The zero-order valence-corrected chi connectivity index (χ0v) is 11.1. The maximum Gasteiger partial charge on any atom is 0.114 e. The van der Waals surface area contributed by atoms with Gasteiger partial charge in [-0.05, 0) is 11.6 Å². The molecule has 2 aromatic heterocycles. The molecule has 102 valence electrons. The first-order valence-corrected chi connectivity index (χ1v) is 6.82. The third-order valence-corrected chi connectivity index (χ3v) is 3.66. The molecule has 1 saturated heterocycles. The van der Waals surface area contributed by atoms with Crippen molar-refractivity contribution < 1.29 is 4.74 Å². The molecule has 1 fully saturated rings. The Morgan fingerprint density at radius 3 is 2.89 bits per heavy atom. The lowest BCUT2D eigenvalue weighted by Crippen LogP contribution is -2.37. The van der Waals surface area contributed by atoms with Crippen molar-refractivity contribution in [3.05, 3.63) is 35.9 Å². The van der Waals surface area contributed by atoms with Crippen molar-refractivity contribution in [2.45, 2.75) is 13.0 Å². The number of hydrogen-bond donors (Lipinski definition) is 1. The molecule has 1 aliphatic heterocycles. The first-order valence-electron chi connectivity index (χ1n) is 6.82. The average Bonchev–Trinajstić information content (AvgIpc) is 2.88. The van der Waals surface area contributed by atoms with E-state index >= 15 is 0 Å². The first-order chi connectivity index (χ1) is 9.36. The van der Waals surface area contributed by atoms with Gasteiger partial charge in [-0.15, -0.1) is 0 Å². The molecular formula is C14H20N4O. The van der Waals surface area contributed by atoms with Gasteiger partial charge in [0.25, 0.3) is 0 Å². The Kier molecular flexibility index (Phi) is 3.77. The van der Waals surface area contributed by atoms with Crippen molar-refractivity contribution in [2.75, 3.05) is 32.8 Å². The van der Waals surface area contributed by atoms with E-state index in [0.717, 1.165) is 56.2 Å². The van der Waals surface area contributed by atoms with Crippen LogP contribution in [0.3, 0.4) is 0 Å². The largest absolute Gasteiger partial charge is 0.379 e. The minimum atomic E-state index is 0.566. The monoisotopic (exact) mass is 260 g/mol. The summed E-state index contributed by atoms with van der Waals surface area (Å²) in [6, 6.07) is 4.14. The summed E-state index contributed by atoms with van der Waals surface area (Å²) in [6.45, 7) is 5.35. The van der Waals surface area contributed by atoms with Gasteiger partial charge >= 0.3 is 0 Å². The highest BCUT2D eigenvalue weighted by Crippen LogP contribution is 2.10. The average molecular weight is 260 g/mol. The Morgan fingerprint density at radius 1 is 1.26 bits per heavy atom. The van der Waals surface area contributed by atoms with Crippen LogP contribution in [0.2, 0.25) is 0 Å². The topological polar surface area (TPSA) is 55.8 Å². The van der Waals surface area contributed by atoms with Gasteiger partial charge in [-0.2, -0.15) is 0 Å². The zero-order valence-electron chi connectivity index (χ0n) is 11.1. The highest BCUT2D eigenvalue weighted by Gasteiger charge is 2.11. The number of morpholine rings is 1. The van der Waals surface area contributed by atoms with Crippen molar-refractivity contribution in [1.82, 2.24) is 14.3 Å². The minimum Gasteiger partial charge on any atom is -0.379 e. The molecule has 5 nitrogen and oxygen atoms in total. The normalized spacial score (nSPS) is 17.1. The van der Waals surface area contributed by atoms with E-state index in [1.807, 2.05) is 6.20 Å². The number of rotatable bonds is 4. The molecular weight excluding hydrogens is 240 g/mol. The standard InChI is InChI=1S/C14H20N4O/c15-9-12-1-2-13-10-16-14(18(13)11-12)3-4-17-5-7-19-8-6-17/h1-2,10-11H,3-9,15H2. The van der Waals surface area contributed by atoms with Crippen molar-refractivity contribution in [3.8, 4) is 0 Å². The SMILES string of the molecule is NCc1ccc2cnc(CCN3CCOCC3)n2c1. The van der Waals surface area contributed by atoms with Gasteiger partial charge in [0.05, 0.1) is 24.9 Å². The summed E-state index contributed by atoms with van der Waals surface area (Å²) in [6.07, 6.45) is 4.98. The highest BCUT2D eigenvalue weighted by molar-refractivity contribution is 5.47. The minimum absolute atomic E-state index is 0.566. The third-order valence-electron chi connectivity index (χ3n) is 3.66. The molecule has 0 aliphatic carbocycles. The van der Waals surface area contributed by atoms with Crippen LogP contribution in [0.5, 0.6) is 0 Å². The summed E-state index contributed by atoms with van der Waals surface area (Å²) in [5.41, 5.74) is 7.97. The van der Waals surface area contributed by atoms with Gasteiger partial charge in [0, 0.05) is 38.8 Å². The van der Waals surface area contributed by atoms with Crippen LogP contribution in [-0.2, 0) is 17.7 Å². The molecule has 0 amide bonds. The van der Waals surface area contributed by atoms with Gasteiger partial charge in [0.15, 0.2) is 0 Å². The Balaban J connectivity index is 1.72. The van der Waals surface area contributed by atoms with Gasteiger partial charge < -0.3 is 14.9 Å². The van der Waals surface area contributed by atoms with E-state index in [-0.39, 0.29) is 0 Å². The number of nitrogens with two attached hydrogens (primary N) is 1. The molecule has 0 saturated carbocycles. The van der Waals surface area contributed by atoms with Gasteiger partial charge in [-0.3, -0.25) is 4.90 Å². The van der Waals surface area contributed by atoms with E-state index in [4.69, 9.17) is 10.5 Å². The predicted octanol–water partition coefficient (Wildman–Crippen LogP) is 0.668. The van der Waals surface area contributed by atoms with Crippen LogP contribution in [0.25, 0.3) is 5.52 Å². The summed E-state index contributed by atoms with van der Waals surface area (Å²) in [7, 11) is 0. The molecule has 2 aromatic rings. The second kappa shape index (κ2) is 5.69.